The second kappa shape index (κ2) is 6.69. The van der Waals surface area contributed by atoms with Gasteiger partial charge >= 0.3 is 0 Å². The van der Waals surface area contributed by atoms with E-state index in [0.717, 1.165) is 23.6 Å². The summed E-state index contributed by atoms with van der Waals surface area (Å²) in [6, 6.07) is 10.7. The van der Waals surface area contributed by atoms with Crippen molar-refractivity contribution in [2.75, 3.05) is 6.54 Å². The van der Waals surface area contributed by atoms with Crippen LogP contribution in [0.15, 0.2) is 42.7 Å². The largest absolute Gasteiger partial charge is 0.310 e. The van der Waals surface area contributed by atoms with E-state index in [1.807, 2.05) is 25.4 Å². The van der Waals surface area contributed by atoms with E-state index < -0.39 is 0 Å². The lowest BCUT2D eigenvalue weighted by Gasteiger charge is -2.19. The molecule has 19 heavy (non-hydrogen) atoms. The Kier molecular flexibility index (Phi) is 4.94. The number of nitrogens with zero attached hydrogens (tertiary/aromatic N) is 1. The second-order valence-electron chi connectivity index (χ2n) is 4.68. The predicted molar refractivity (Wildman–Crippen MR) is 80.5 cm³/mol. The van der Waals surface area contributed by atoms with Gasteiger partial charge in [-0.25, -0.2) is 0 Å². The molecule has 1 N–H and O–H groups in total. The lowest BCUT2D eigenvalue weighted by Crippen LogP contribution is -2.23. The molecule has 0 saturated carbocycles. The van der Waals surface area contributed by atoms with Crippen molar-refractivity contribution in [3.8, 4) is 0 Å². The fraction of sp³-hybridized carbons (Fsp3) is 0.312. The summed E-state index contributed by atoms with van der Waals surface area (Å²) in [5.41, 5.74) is 3.69. The van der Waals surface area contributed by atoms with Crippen LogP contribution in [0.1, 0.15) is 29.7 Å². The van der Waals surface area contributed by atoms with E-state index in [0.29, 0.717) is 6.04 Å². The molecule has 0 bridgehead atoms. The Labute approximate surface area is 119 Å². The number of aromatic nitrogens is 1. The molecule has 0 saturated heterocycles. The number of hydrogen-bond acceptors (Lipinski definition) is 2. The van der Waals surface area contributed by atoms with Gasteiger partial charge in [0.1, 0.15) is 0 Å². The van der Waals surface area contributed by atoms with E-state index in [1.165, 1.54) is 11.1 Å². The number of rotatable bonds is 5. The minimum absolute atomic E-state index is 0.309. The lowest BCUT2D eigenvalue weighted by atomic mass is 9.98. The Morgan fingerprint density at radius 2 is 1.95 bits per heavy atom. The van der Waals surface area contributed by atoms with Crippen LogP contribution in [0.3, 0.4) is 0 Å². The Morgan fingerprint density at radius 3 is 2.58 bits per heavy atom. The van der Waals surface area contributed by atoms with Gasteiger partial charge in [-0.3, -0.25) is 4.98 Å². The van der Waals surface area contributed by atoms with Crippen LogP contribution in [0.4, 0.5) is 0 Å². The number of pyridine rings is 1. The normalized spacial score (nSPS) is 12.4. The molecule has 1 aromatic carbocycles. The van der Waals surface area contributed by atoms with E-state index >= 15 is 0 Å². The molecule has 2 aromatic rings. The molecule has 0 aliphatic carbocycles. The van der Waals surface area contributed by atoms with Crippen molar-refractivity contribution in [3.63, 3.8) is 0 Å². The molecule has 2 nitrogen and oxygen atoms in total. The molecule has 1 aromatic heterocycles. The Morgan fingerprint density at radius 1 is 1.21 bits per heavy atom. The minimum atomic E-state index is 0.309. The van der Waals surface area contributed by atoms with Crippen molar-refractivity contribution >= 4 is 11.6 Å². The summed E-state index contributed by atoms with van der Waals surface area (Å²) in [6.45, 7) is 5.11. The van der Waals surface area contributed by atoms with Gasteiger partial charge in [0.25, 0.3) is 0 Å². The van der Waals surface area contributed by atoms with Gasteiger partial charge < -0.3 is 5.32 Å². The summed E-state index contributed by atoms with van der Waals surface area (Å²) in [5.74, 6) is 0. The van der Waals surface area contributed by atoms with Crippen LogP contribution < -0.4 is 5.32 Å². The number of likely N-dealkylation sites (N-methyl/N-ethyl adjacent to an activating group) is 1. The first kappa shape index (κ1) is 14.0. The molecule has 0 fully saturated rings. The van der Waals surface area contributed by atoms with Crippen LogP contribution in [-0.4, -0.2) is 11.5 Å². The quantitative estimate of drug-likeness (QED) is 0.893. The zero-order chi connectivity index (χ0) is 13.7. The average molecular weight is 275 g/mol. The van der Waals surface area contributed by atoms with E-state index in [-0.39, 0.29) is 0 Å². The van der Waals surface area contributed by atoms with Crippen molar-refractivity contribution in [2.24, 2.45) is 0 Å². The molecule has 0 amide bonds. The minimum Gasteiger partial charge on any atom is -0.310 e. The summed E-state index contributed by atoms with van der Waals surface area (Å²) >= 11 is 6.09. The second-order valence-corrected chi connectivity index (χ2v) is 5.09. The van der Waals surface area contributed by atoms with Crippen LogP contribution in [0, 0.1) is 6.92 Å². The lowest BCUT2D eigenvalue weighted by molar-refractivity contribution is 0.549. The van der Waals surface area contributed by atoms with Crippen molar-refractivity contribution in [1.29, 1.82) is 0 Å². The predicted octanol–water partition coefficient (Wildman–Crippen LogP) is 3.94. The third kappa shape index (κ3) is 3.79. The highest BCUT2D eigenvalue weighted by Crippen LogP contribution is 2.23. The van der Waals surface area contributed by atoms with Crippen molar-refractivity contribution < 1.29 is 0 Å². The van der Waals surface area contributed by atoms with E-state index in [4.69, 9.17) is 11.6 Å². The topological polar surface area (TPSA) is 24.9 Å². The highest BCUT2D eigenvalue weighted by atomic mass is 35.5. The van der Waals surface area contributed by atoms with Gasteiger partial charge in [0, 0.05) is 23.5 Å². The van der Waals surface area contributed by atoms with E-state index in [9.17, 15) is 0 Å². The fourth-order valence-corrected chi connectivity index (χ4v) is 2.31. The van der Waals surface area contributed by atoms with Crippen LogP contribution in [0.5, 0.6) is 0 Å². The van der Waals surface area contributed by atoms with Crippen LogP contribution in [0.2, 0.25) is 5.02 Å². The number of hydrogen-bond donors (Lipinski definition) is 1. The molecule has 1 heterocycles. The summed E-state index contributed by atoms with van der Waals surface area (Å²) in [4.78, 5) is 4.06. The number of nitrogens with one attached hydrogen (secondary N) is 1. The molecule has 0 aliphatic rings. The van der Waals surface area contributed by atoms with E-state index in [1.54, 1.807) is 0 Å². The number of aryl methyl sites for hydroxylation is 1. The summed E-state index contributed by atoms with van der Waals surface area (Å²) in [6.07, 6.45) is 4.63. The third-order valence-electron chi connectivity index (χ3n) is 3.22. The highest BCUT2D eigenvalue weighted by Gasteiger charge is 2.12. The standard InChI is InChI=1S/C16H19ClN2/c1-3-19-16(11-13-6-8-18-9-7-13)14-4-5-15(17)12(2)10-14/h4-10,16,19H,3,11H2,1-2H3. The maximum Gasteiger partial charge on any atom is 0.0435 e. The van der Waals surface area contributed by atoms with Gasteiger partial charge in [-0.1, -0.05) is 30.7 Å². The molecular weight excluding hydrogens is 256 g/mol. The smallest absolute Gasteiger partial charge is 0.0435 e. The molecule has 1 unspecified atom stereocenters. The zero-order valence-corrected chi connectivity index (χ0v) is 12.1. The zero-order valence-electron chi connectivity index (χ0n) is 11.4. The van der Waals surface area contributed by atoms with Crippen LogP contribution in [0.25, 0.3) is 0 Å². The first-order valence-electron chi connectivity index (χ1n) is 6.59. The summed E-state index contributed by atoms with van der Waals surface area (Å²) in [5, 5.41) is 4.35. The molecule has 2 rings (SSSR count). The van der Waals surface area contributed by atoms with Crippen molar-refractivity contribution in [1.82, 2.24) is 10.3 Å². The maximum absolute atomic E-state index is 6.09. The first-order chi connectivity index (χ1) is 9.20. The van der Waals surface area contributed by atoms with Crippen molar-refractivity contribution in [3.05, 3.63) is 64.4 Å². The molecule has 3 heteroatoms. The fourth-order valence-electron chi connectivity index (χ4n) is 2.19. The van der Waals surface area contributed by atoms with Gasteiger partial charge in [0.05, 0.1) is 0 Å². The maximum atomic E-state index is 6.09. The van der Waals surface area contributed by atoms with Gasteiger partial charge in [0.2, 0.25) is 0 Å². The van der Waals surface area contributed by atoms with Gasteiger partial charge in [-0.2, -0.15) is 0 Å². The van der Waals surface area contributed by atoms with Crippen LogP contribution >= 0.6 is 11.6 Å². The van der Waals surface area contributed by atoms with Gasteiger partial charge in [-0.15, -0.1) is 0 Å². The highest BCUT2D eigenvalue weighted by molar-refractivity contribution is 6.31. The molecule has 1 atom stereocenters. The molecule has 0 radical (unpaired) electrons. The molecule has 100 valence electrons. The number of halogens is 1. The summed E-state index contributed by atoms with van der Waals surface area (Å²) < 4.78 is 0. The van der Waals surface area contributed by atoms with Gasteiger partial charge in [0.15, 0.2) is 0 Å². The Hall–Kier alpha value is -1.38. The molecule has 0 aliphatic heterocycles. The molecular formula is C16H19ClN2. The third-order valence-corrected chi connectivity index (χ3v) is 3.65. The summed E-state index contributed by atoms with van der Waals surface area (Å²) in [7, 11) is 0. The first-order valence-corrected chi connectivity index (χ1v) is 6.97. The van der Waals surface area contributed by atoms with E-state index in [2.05, 4.69) is 41.5 Å². The van der Waals surface area contributed by atoms with Crippen LogP contribution in [-0.2, 0) is 6.42 Å². The SMILES string of the molecule is CCNC(Cc1ccncc1)c1ccc(Cl)c(C)c1. The van der Waals surface area contributed by atoms with Gasteiger partial charge in [-0.05, 0) is 54.8 Å². The Bertz CT molecular complexity index is 526. The van der Waals surface area contributed by atoms with Crippen molar-refractivity contribution in [2.45, 2.75) is 26.3 Å². The molecule has 0 spiro atoms. The average Bonchev–Trinajstić information content (AvgIpc) is 2.43. The Balaban J connectivity index is 2.21. The number of benzene rings is 1. The monoisotopic (exact) mass is 274 g/mol.